The second-order valence-corrected chi connectivity index (χ2v) is 9.61. The van der Waals surface area contributed by atoms with Gasteiger partial charge in [-0.15, -0.1) is 0 Å². The zero-order valence-corrected chi connectivity index (χ0v) is 17.5. The van der Waals surface area contributed by atoms with Crippen LogP contribution < -0.4 is 0 Å². The number of aromatic nitrogens is 2. The average molecular weight is 409 g/mol. The lowest BCUT2D eigenvalue weighted by atomic mass is 9.34. The number of hydrogen-bond acceptors (Lipinski definition) is 4. The van der Waals surface area contributed by atoms with E-state index in [0.717, 1.165) is 48.7 Å². The van der Waals surface area contributed by atoms with Crippen molar-refractivity contribution in [2.75, 3.05) is 0 Å². The summed E-state index contributed by atoms with van der Waals surface area (Å²) in [6.45, 7) is 2.90. The SMILES string of the molecule is Cc1cccc(C2CC=NN2C(=O)C23CC(Cn4ncc5cc(C#N)ccc54)(C2)C3)c1. The number of carbonyl (C=O) groups is 1. The molecule has 0 spiro atoms. The second kappa shape index (κ2) is 6.27. The minimum absolute atomic E-state index is 0.0155. The molecule has 0 saturated heterocycles. The number of amides is 1. The van der Waals surface area contributed by atoms with E-state index in [1.165, 1.54) is 5.56 Å². The Balaban J connectivity index is 1.17. The lowest BCUT2D eigenvalue weighted by molar-refractivity contribution is -0.223. The predicted molar refractivity (Wildman–Crippen MR) is 117 cm³/mol. The van der Waals surface area contributed by atoms with Gasteiger partial charge in [-0.05, 0) is 55.4 Å². The van der Waals surface area contributed by atoms with Crippen molar-refractivity contribution in [1.29, 1.82) is 5.26 Å². The maximum atomic E-state index is 13.4. The minimum atomic E-state index is -0.249. The minimum Gasteiger partial charge on any atom is -0.272 e. The summed E-state index contributed by atoms with van der Waals surface area (Å²) in [4.78, 5) is 13.4. The molecule has 2 aromatic carbocycles. The molecule has 1 unspecified atom stereocenters. The van der Waals surface area contributed by atoms with Crippen molar-refractivity contribution in [3.05, 3.63) is 65.4 Å². The van der Waals surface area contributed by atoms with Gasteiger partial charge in [-0.1, -0.05) is 29.8 Å². The molecule has 6 heteroatoms. The first-order chi connectivity index (χ1) is 15.0. The van der Waals surface area contributed by atoms with Gasteiger partial charge in [-0.25, -0.2) is 5.01 Å². The van der Waals surface area contributed by atoms with Gasteiger partial charge in [0.05, 0.1) is 34.8 Å². The fraction of sp³-hybridized carbons (Fsp3) is 0.360. The molecular formula is C25H23N5O. The van der Waals surface area contributed by atoms with E-state index in [-0.39, 0.29) is 22.8 Å². The summed E-state index contributed by atoms with van der Waals surface area (Å²) in [5.41, 5.74) is 3.97. The lowest BCUT2D eigenvalue weighted by Crippen LogP contribution is -2.68. The molecule has 1 aromatic heterocycles. The number of carbonyl (C=O) groups excluding carboxylic acids is 1. The summed E-state index contributed by atoms with van der Waals surface area (Å²) < 4.78 is 2.04. The van der Waals surface area contributed by atoms with Crippen LogP contribution in [0.25, 0.3) is 10.9 Å². The molecule has 2 bridgehead atoms. The van der Waals surface area contributed by atoms with Crippen LogP contribution in [0.2, 0.25) is 0 Å². The number of rotatable bonds is 4. The summed E-state index contributed by atoms with van der Waals surface area (Å²) >= 11 is 0. The highest BCUT2D eigenvalue weighted by molar-refractivity contribution is 5.88. The number of nitrogens with zero attached hydrogens (tertiary/aromatic N) is 5. The van der Waals surface area contributed by atoms with Crippen LogP contribution in [0.5, 0.6) is 0 Å². The first-order valence-electron chi connectivity index (χ1n) is 10.8. The Morgan fingerprint density at radius 3 is 2.84 bits per heavy atom. The number of nitriles is 1. The summed E-state index contributed by atoms with van der Waals surface area (Å²) in [5.74, 6) is 0.179. The zero-order chi connectivity index (χ0) is 21.2. The highest BCUT2D eigenvalue weighted by atomic mass is 16.2. The van der Waals surface area contributed by atoms with Gasteiger partial charge in [0.15, 0.2) is 0 Å². The Labute approximate surface area is 180 Å². The Morgan fingerprint density at radius 1 is 1.23 bits per heavy atom. The van der Waals surface area contributed by atoms with Crippen LogP contribution in [0.1, 0.15) is 48.4 Å². The topological polar surface area (TPSA) is 74.3 Å². The average Bonchev–Trinajstić information content (AvgIpc) is 3.36. The van der Waals surface area contributed by atoms with Crippen LogP contribution >= 0.6 is 0 Å². The van der Waals surface area contributed by atoms with Crippen LogP contribution in [0.4, 0.5) is 0 Å². The molecule has 6 nitrogen and oxygen atoms in total. The van der Waals surface area contributed by atoms with Crippen molar-refractivity contribution < 1.29 is 4.79 Å². The van der Waals surface area contributed by atoms with Crippen molar-refractivity contribution in [1.82, 2.24) is 14.8 Å². The molecule has 0 radical (unpaired) electrons. The van der Waals surface area contributed by atoms with E-state index in [1.807, 2.05) is 35.3 Å². The third kappa shape index (κ3) is 2.66. The number of hydrogen-bond donors (Lipinski definition) is 0. The molecule has 154 valence electrons. The Bertz CT molecular complexity index is 1280. The molecule has 1 atom stereocenters. The maximum Gasteiger partial charge on any atom is 0.249 e. The molecule has 1 amide bonds. The largest absolute Gasteiger partial charge is 0.272 e. The van der Waals surface area contributed by atoms with Gasteiger partial charge in [-0.3, -0.25) is 9.48 Å². The Kier molecular flexibility index (Phi) is 3.71. The van der Waals surface area contributed by atoms with Crippen LogP contribution in [0.15, 0.2) is 53.8 Å². The fourth-order valence-corrected chi connectivity index (χ4v) is 6.00. The number of fused-ring (bicyclic) bond motifs is 1. The van der Waals surface area contributed by atoms with Gasteiger partial charge in [-0.2, -0.15) is 15.5 Å². The van der Waals surface area contributed by atoms with Gasteiger partial charge in [0.25, 0.3) is 0 Å². The monoisotopic (exact) mass is 409 g/mol. The summed E-state index contributed by atoms with van der Waals surface area (Å²) in [5, 5.41) is 20.8. The molecule has 3 aromatic rings. The fourth-order valence-electron chi connectivity index (χ4n) is 6.00. The molecule has 3 fully saturated rings. The molecule has 3 aliphatic carbocycles. The molecule has 1 aliphatic heterocycles. The highest BCUT2D eigenvalue weighted by Crippen LogP contribution is 2.74. The maximum absolute atomic E-state index is 13.4. The van der Waals surface area contributed by atoms with E-state index in [2.05, 4.69) is 47.5 Å². The number of aryl methyl sites for hydroxylation is 1. The first kappa shape index (κ1) is 18.3. The van der Waals surface area contributed by atoms with E-state index in [4.69, 9.17) is 5.26 Å². The molecule has 4 aliphatic rings. The van der Waals surface area contributed by atoms with E-state index >= 15 is 0 Å². The molecule has 2 heterocycles. The summed E-state index contributed by atoms with van der Waals surface area (Å²) in [6, 6.07) is 16.3. The molecule has 31 heavy (non-hydrogen) atoms. The zero-order valence-electron chi connectivity index (χ0n) is 17.5. The Hall–Kier alpha value is -3.46. The van der Waals surface area contributed by atoms with Crippen LogP contribution in [0, 0.1) is 29.1 Å². The van der Waals surface area contributed by atoms with Crippen molar-refractivity contribution in [2.45, 2.75) is 45.2 Å². The van der Waals surface area contributed by atoms with Gasteiger partial charge in [0.1, 0.15) is 0 Å². The smallest absolute Gasteiger partial charge is 0.249 e. The van der Waals surface area contributed by atoms with Gasteiger partial charge < -0.3 is 0 Å². The van der Waals surface area contributed by atoms with Gasteiger partial charge in [0, 0.05) is 24.6 Å². The summed E-state index contributed by atoms with van der Waals surface area (Å²) in [6.07, 6.45) is 7.20. The third-order valence-corrected chi connectivity index (χ3v) is 7.31. The van der Waals surface area contributed by atoms with E-state index in [9.17, 15) is 4.79 Å². The lowest BCUT2D eigenvalue weighted by Gasteiger charge is -2.69. The van der Waals surface area contributed by atoms with Crippen LogP contribution in [0.3, 0.4) is 0 Å². The normalized spacial score (nSPS) is 28.3. The summed E-state index contributed by atoms with van der Waals surface area (Å²) in [7, 11) is 0. The van der Waals surface area contributed by atoms with Crippen molar-refractivity contribution in [2.24, 2.45) is 15.9 Å². The highest BCUT2D eigenvalue weighted by Gasteiger charge is 2.72. The molecule has 0 N–H and O–H groups in total. The van der Waals surface area contributed by atoms with Crippen molar-refractivity contribution in [3.8, 4) is 6.07 Å². The van der Waals surface area contributed by atoms with Crippen molar-refractivity contribution in [3.63, 3.8) is 0 Å². The van der Waals surface area contributed by atoms with Crippen LogP contribution in [-0.4, -0.2) is 26.9 Å². The Morgan fingerprint density at radius 2 is 2.06 bits per heavy atom. The van der Waals surface area contributed by atoms with Crippen LogP contribution in [-0.2, 0) is 11.3 Å². The molecule has 3 saturated carbocycles. The van der Waals surface area contributed by atoms with E-state index in [0.29, 0.717) is 5.56 Å². The number of benzene rings is 2. The molecule has 7 rings (SSSR count). The van der Waals surface area contributed by atoms with Gasteiger partial charge >= 0.3 is 0 Å². The van der Waals surface area contributed by atoms with E-state index in [1.54, 1.807) is 5.01 Å². The quantitative estimate of drug-likeness (QED) is 0.643. The molecular weight excluding hydrogens is 386 g/mol. The van der Waals surface area contributed by atoms with Gasteiger partial charge in [0.2, 0.25) is 5.91 Å². The van der Waals surface area contributed by atoms with E-state index < -0.39 is 0 Å². The number of hydrazone groups is 1. The first-order valence-corrected chi connectivity index (χ1v) is 10.8. The van der Waals surface area contributed by atoms with Crippen molar-refractivity contribution >= 4 is 23.0 Å². The second-order valence-electron chi connectivity index (χ2n) is 9.61. The predicted octanol–water partition coefficient (Wildman–Crippen LogP) is 4.35. The standard InChI is InChI=1S/C25H23N5O/c1-17-3-2-4-19(9-17)22-7-8-27-30(22)23(31)25-13-24(14-25,15-25)16-29-21-6-5-18(11-26)10-20(21)12-28-29/h2-6,8-10,12,22H,7,13-16H2,1H3. The third-order valence-electron chi connectivity index (χ3n) is 7.31.